The van der Waals surface area contributed by atoms with Crippen LogP contribution in [0.15, 0.2) is 76.3 Å². The van der Waals surface area contributed by atoms with E-state index in [-0.39, 0.29) is 12.3 Å². The van der Waals surface area contributed by atoms with Crippen LogP contribution in [0.5, 0.6) is 5.75 Å². The van der Waals surface area contributed by atoms with Crippen LogP contribution in [0.25, 0.3) is 0 Å². The molecule has 2 aliphatic rings. The van der Waals surface area contributed by atoms with Gasteiger partial charge in [-0.05, 0) is 36.8 Å². The summed E-state index contributed by atoms with van der Waals surface area (Å²) in [7, 11) is 0. The van der Waals surface area contributed by atoms with E-state index in [1.54, 1.807) is 0 Å². The van der Waals surface area contributed by atoms with Gasteiger partial charge in [0, 0.05) is 27.0 Å². The Morgan fingerprint density at radius 3 is 2.61 bits per heavy atom. The van der Waals surface area contributed by atoms with E-state index in [2.05, 4.69) is 58.2 Å². The fourth-order valence-corrected chi connectivity index (χ4v) is 4.52. The summed E-state index contributed by atoms with van der Waals surface area (Å²) in [6.07, 6.45) is 0.526. The summed E-state index contributed by atoms with van der Waals surface area (Å²) in [5.74, 6) is 0.867. The molecule has 2 aliphatic heterocycles. The molecular formula is C23H18BrClN2O. The first-order valence-electron chi connectivity index (χ1n) is 9.23. The van der Waals surface area contributed by atoms with Gasteiger partial charge in [-0.1, -0.05) is 75.6 Å². The van der Waals surface area contributed by atoms with Crippen molar-refractivity contribution in [3.63, 3.8) is 0 Å². The van der Waals surface area contributed by atoms with Crippen molar-refractivity contribution in [3.8, 4) is 5.75 Å². The molecular weight excluding hydrogens is 436 g/mol. The van der Waals surface area contributed by atoms with Gasteiger partial charge in [0.15, 0.2) is 0 Å². The second kappa shape index (κ2) is 6.94. The van der Waals surface area contributed by atoms with Gasteiger partial charge in [0.1, 0.15) is 5.75 Å². The molecule has 28 heavy (non-hydrogen) atoms. The summed E-state index contributed by atoms with van der Waals surface area (Å²) in [4.78, 5) is 0. The van der Waals surface area contributed by atoms with E-state index < -0.39 is 0 Å². The van der Waals surface area contributed by atoms with Crippen LogP contribution >= 0.6 is 27.5 Å². The molecule has 0 radical (unpaired) electrons. The second-order valence-electron chi connectivity index (χ2n) is 7.19. The summed E-state index contributed by atoms with van der Waals surface area (Å²) in [5.41, 5.74) is 5.60. The maximum absolute atomic E-state index is 6.40. The van der Waals surface area contributed by atoms with Crippen molar-refractivity contribution in [3.05, 3.63) is 98.5 Å². The Bertz CT molecular complexity index is 1080. The molecule has 3 nitrogen and oxygen atoms in total. The normalized spacial score (nSPS) is 20.2. The molecule has 140 valence electrons. The van der Waals surface area contributed by atoms with Gasteiger partial charge >= 0.3 is 0 Å². The summed E-state index contributed by atoms with van der Waals surface area (Å²) < 4.78 is 7.41. The van der Waals surface area contributed by atoms with E-state index in [0.717, 1.165) is 39.0 Å². The summed E-state index contributed by atoms with van der Waals surface area (Å²) in [5, 5.41) is 7.79. The third-order valence-corrected chi connectivity index (χ3v) is 6.27. The minimum atomic E-state index is -0.294. The summed E-state index contributed by atoms with van der Waals surface area (Å²) in [6.45, 7) is 2.10. The van der Waals surface area contributed by atoms with Gasteiger partial charge in [-0.15, -0.1) is 0 Å². The average Bonchev–Trinajstić information content (AvgIpc) is 3.14. The number of ether oxygens (including phenoxy) is 1. The molecule has 0 amide bonds. The van der Waals surface area contributed by atoms with Gasteiger partial charge in [-0.2, -0.15) is 5.10 Å². The molecule has 0 bridgehead atoms. The van der Waals surface area contributed by atoms with Crippen LogP contribution in [0.3, 0.4) is 0 Å². The molecule has 2 heterocycles. The molecule has 0 aliphatic carbocycles. The van der Waals surface area contributed by atoms with Crippen molar-refractivity contribution >= 4 is 33.2 Å². The number of rotatable bonds is 2. The Morgan fingerprint density at radius 2 is 1.82 bits per heavy atom. The largest absolute Gasteiger partial charge is 0.464 e. The first-order chi connectivity index (χ1) is 13.6. The molecule has 3 aromatic carbocycles. The van der Waals surface area contributed by atoms with Crippen LogP contribution in [0, 0.1) is 6.92 Å². The third kappa shape index (κ3) is 3.01. The van der Waals surface area contributed by atoms with Crippen LogP contribution < -0.4 is 4.74 Å². The van der Waals surface area contributed by atoms with Gasteiger partial charge in [0.25, 0.3) is 0 Å². The lowest BCUT2D eigenvalue weighted by molar-refractivity contribution is -0.0194. The molecule has 0 saturated heterocycles. The van der Waals surface area contributed by atoms with E-state index in [1.807, 2.05) is 36.4 Å². The number of halogens is 2. The number of hydrogen-bond donors (Lipinski definition) is 0. The summed E-state index contributed by atoms with van der Waals surface area (Å²) in [6, 6.07) is 22.6. The van der Waals surface area contributed by atoms with Crippen molar-refractivity contribution < 1.29 is 4.74 Å². The Hall–Kier alpha value is -2.30. The maximum atomic E-state index is 6.40. The minimum Gasteiger partial charge on any atom is -0.464 e. The number of hydrogen-bond acceptors (Lipinski definition) is 3. The van der Waals surface area contributed by atoms with Gasteiger partial charge < -0.3 is 4.74 Å². The number of hydrazone groups is 1. The van der Waals surface area contributed by atoms with E-state index in [1.165, 1.54) is 5.56 Å². The van der Waals surface area contributed by atoms with Crippen LogP contribution in [0.4, 0.5) is 0 Å². The standard InChI is InChI=1S/C23H18BrClN2O/c1-14-6-8-15(9-7-14)20-13-21-18-12-16(25)10-11-22(18)28-23(27(21)26-20)17-4-2-3-5-19(17)24/h2-12,21,23H,13H2,1H3/t21-,23+/m0/s1. The molecule has 5 heteroatoms. The van der Waals surface area contributed by atoms with Crippen LogP contribution in [0.1, 0.15) is 40.9 Å². The number of fused-ring (bicyclic) bond motifs is 3. The summed E-state index contributed by atoms with van der Waals surface area (Å²) >= 11 is 9.97. The molecule has 0 fully saturated rings. The highest BCUT2D eigenvalue weighted by molar-refractivity contribution is 9.10. The van der Waals surface area contributed by atoms with Crippen molar-refractivity contribution in [1.82, 2.24) is 5.01 Å². The predicted molar refractivity (Wildman–Crippen MR) is 116 cm³/mol. The predicted octanol–water partition coefficient (Wildman–Crippen LogP) is 6.65. The SMILES string of the molecule is Cc1ccc(C2=NN3[C@@H](c4ccccc4Br)Oc4ccc(Cl)cc4[C@@H]3C2)cc1. The van der Waals surface area contributed by atoms with Crippen LogP contribution in [-0.4, -0.2) is 10.7 Å². The lowest BCUT2D eigenvalue weighted by Crippen LogP contribution is -2.33. The molecule has 0 unspecified atom stereocenters. The van der Waals surface area contributed by atoms with Gasteiger partial charge in [0.05, 0.1) is 11.8 Å². The van der Waals surface area contributed by atoms with E-state index in [4.69, 9.17) is 21.4 Å². The van der Waals surface area contributed by atoms with Gasteiger partial charge in [0.2, 0.25) is 6.23 Å². The van der Waals surface area contributed by atoms with E-state index in [0.29, 0.717) is 5.02 Å². The smallest absolute Gasteiger partial charge is 0.214 e. The minimum absolute atomic E-state index is 0.0934. The first-order valence-corrected chi connectivity index (χ1v) is 10.4. The number of nitrogens with zero attached hydrogens (tertiary/aromatic N) is 2. The first kappa shape index (κ1) is 17.8. The second-order valence-corrected chi connectivity index (χ2v) is 8.48. The zero-order valence-corrected chi connectivity index (χ0v) is 17.6. The monoisotopic (exact) mass is 452 g/mol. The average molecular weight is 454 g/mol. The molecule has 2 atom stereocenters. The number of benzene rings is 3. The van der Waals surface area contributed by atoms with E-state index in [9.17, 15) is 0 Å². The molecule has 0 N–H and O–H groups in total. The Morgan fingerprint density at radius 1 is 1.04 bits per heavy atom. The zero-order chi connectivity index (χ0) is 19.3. The molecule has 5 rings (SSSR count). The molecule has 0 spiro atoms. The van der Waals surface area contributed by atoms with Gasteiger partial charge in [-0.25, -0.2) is 5.01 Å². The number of aryl methyl sites for hydroxylation is 1. The Labute approximate surface area is 177 Å². The molecule has 3 aromatic rings. The fourth-order valence-electron chi connectivity index (χ4n) is 3.86. The topological polar surface area (TPSA) is 24.8 Å². The highest BCUT2D eigenvalue weighted by atomic mass is 79.9. The maximum Gasteiger partial charge on any atom is 0.214 e. The van der Waals surface area contributed by atoms with E-state index >= 15 is 0 Å². The molecule has 0 saturated carbocycles. The Kier molecular flexibility index (Phi) is 4.41. The van der Waals surface area contributed by atoms with Crippen LogP contribution in [0.2, 0.25) is 5.02 Å². The molecule has 0 aromatic heterocycles. The Balaban J connectivity index is 1.62. The fraction of sp³-hybridized carbons (Fsp3) is 0.174. The van der Waals surface area contributed by atoms with Crippen molar-refractivity contribution in [1.29, 1.82) is 0 Å². The lowest BCUT2D eigenvalue weighted by Gasteiger charge is -2.38. The quantitative estimate of drug-likeness (QED) is 0.434. The van der Waals surface area contributed by atoms with Crippen molar-refractivity contribution in [2.75, 3.05) is 0 Å². The lowest BCUT2D eigenvalue weighted by atomic mass is 9.95. The third-order valence-electron chi connectivity index (χ3n) is 5.31. The zero-order valence-electron chi connectivity index (χ0n) is 15.3. The van der Waals surface area contributed by atoms with Gasteiger partial charge in [-0.3, -0.25) is 0 Å². The van der Waals surface area contributed by atoms with Crippen molar-refractivity contribution in [2.24, 2.45) is 5.10 Å². The highest BCUT2D eigenvalue weighted by Gasteiger charge is 2.41. The van der Waals surface area contributed by atoms with Crippen molar-refractivity contribution in [2.45, 2.75) is 25.6 Å². The van der Waals surface area contributed by atoms with Crippen LogP contribution in [-0.2, 0) is 0 Å². The highest BCUT2D eigenvalue weighted by Crippen LogP contribution is 2.49.